The minimum absolute atomic E-state index is 0.0213. The zero-order chi connectivity index (χ0) is 21.9. The smallest absolute Gasteiger partial charge is 0.283 e. The zero-order valence-corrected chi connectivity index (χ0v) is 17.7. The lowest BCUT2D eigenvalue weighted by Gasteiger charge is -2.17. The average molecular weight is 442 g/mol. The van der Waals surface area contributed by atoms with Gasteiger partial charge >= 0.3 is 0 Å². The van der Waals surface area contributed by atoms with Crippen LogP contribution in [0.5, 0.6) is 11.5 Å². The highest BCUT2D eigenvalue weighted by atomic mass is 32.2. The first kappa shape index (κ1) is 20.1. The molecule has 0 radical (unpaired) electrons. The minimum Gasteiger partial charge on any atom is -0.454 e. The molecule has 3 aromatic rings. The number of para-hydroxylation sites is 1. The molecule has 158 valence electrons. The van der Waals surface area contributed by atoms with Crippen molar-refractivity contribution in [2.75, 3.05) is 17.4 Å². The summed E-state index contributed by atoms with van der Waals surface area (Å²) in [4.78, 5) is 32.0. The van der Waals surface area contributed by atoms with Crippen LogP contribution in [-0.2, 0) is 4.79 Å². The fourth-order valence-electron chi connectivity index (χ4n) is 3.40. The lowest BCUT2D eigenvalue weighted by molar-refractivity contribution is -0.113. The van der Waals surface area contributed by atoms with E-state index in [1.807, 2.05) is 60.7 Å². The van der Waals surface area contributed by atoms with Gasteiger partial charge < -0.3 is 9.47 Å². The van der Waals surface area contributed by atoms with Crippen LogP contribution in [0.3, 0.4) is 0 Å². The van der Waals surface area contributed by atoms with Crippen molar-refractivity contribution in [3.8, 4) is 11.5 Å². The number of ketones is 1. The van der Waals surface area contributed by atoms with Crippen molar-refractivity contribution in [2.24, 2.45) is 4.99 Å². The standard InChI is InChI=1S/C25H18N2O4S/c28-21(18-7-3-1-4-8-18)15-32-25-26-20(24(29)27(25)19-9-5-2-6-10-19)13-17-11-12-22-23(14-17)31-16-30-22/h1-14H,15-16H2. The molecule has 32 heavy (non-hydrogen) atoms. The third kappa shape index (κ3) is 4.02. The number of rotatable bonds is 5. The molecule has 1 amide bonds. The molecule has 2 heterocycles. The van der Waals surface area contributed by atoms with E-state index in [-0.39, 0.29) is 24.2 Å². The molecule has 2 aliphatic rings. The number of anilines is 1. The maximum atomic E-state index is 13.3. The van der Waals surface area contributed by atoms with Crippen molar-refractivity contribution in [1.29, 1.82) is 0 Å². The number of carbonyl (C=O) groups excluding carboxylic acids is 2. The number of aliphatic imine (C=N–C) groups is 1. The van der Waals surface area contributed by atoms with Crippen LogP contribution in [0.4, 0.5) is 5.69 Å². The molecule has 0 N–H and O–H groups in total. The minimum atomic E-state index is -0.247. The van der Waals surface area contributed by atoms with Gasteiger partial charge in [-0.25, -0.2) is 4.99 Å². The molecule has 0 saturated carbocycles. The third-order valence-electron chi connectivity index (χ3n) is 4.97. The van der Waals surface area contributed by atoms with Gasteiger partial charge in [-0.15, -0.1) is 0 Å². The molecule has 3 aromatic carbocycles. The molecule has 0 saturated heterocycles. The van der Waals surface area contributed by atoms with Crippen LogP contribution in [-0.4, -0.2) is 29.4 Å². The molecule has 0 unspecified atom stereocenters. The monoisotopic (exact) mass is 442 g/mol. The van der Waals surface area contributed by atoms with Crippen molar-refractivity contribution >= 4 is 40.4 Å². The number of benzene rings is 3. The summed E-state index contributed by atoms with van der Waals surface area (Å²) in [5, 5.41) is 0.470. The number of hydrogen-bond donors (Lipinski definition) is 0. The van der Waals surface area contributed by atoms with E-state index in [9.17, 15) is 9.59 Å². The van der Waals surface area contributed by atoms with Gasteiger partial charge in [-0.1, -0.05) is 66.4 Å². The van der Waals surface area contributed by atoms with Gasteiger partial charge in [0.2, 0.25) is 6.79 Å². The predicted octanol–water partition coefficient (Wildman–Crippen LogP) is 4.78. The quantitative estimate of drug-likeness (QED) is 0.420. The van der Waals surface area contributed by atoms with Crippen molar-refractivity contribution < 1.29 is 19.1 Å². The lowest BCUT2D eigenvalue weighted by atomic mass is 10.1. The largest absolute Gasteiger partial charge is 0.454 e. The summed E-state index contributed by atoms with van der Waals surface area (Å²) in [7, 11) is 0. The summed E-state index contributed by atoms with van der Waals surface area (Å²) in [6, 6.07) is 23.9. The zero-order valence-electron chi connectivity index (χ0n) is 16.9. The van der Waals surface area contributed by atoms with Crippen LogP contribution >= 0.6 is 11.8 Å². The lowest BCUT2D eigenvalue weighted by Crippen LogP contribution is -2.30. The Morgan fingerprint density at radius 3 is 2.47 bits per heavy atom. The van der Waals surface area contributed by atoms with Gasteiger partial charge in [-0.2, -0.15) is 0 Å². The van der Waals surface area contributed by atoms with E-state index in [1.165, 1.54) is 11.8 Å². The third-order valence-corrected chi connectivity index (χ3v) is 5.91. The Labute approximate surface area is 189 Å². The van der Waals surface area contributed by atoms with Gasteiger partial charge in [0.15, 0.2) is 22.4 Å². The van der Waals surface area contributed by atoms with Gasteiger partial charge in [0.25, 0.3) is 5.91 Å². The van der Waals surface area contributed by atoms with Crippen molar-refractivity contribution in [3.05, 3.63) is 95.7 Å². The summed E-state index contributed by atoms with van der Waals surface area (Å²) in [6.45, 7) is 0.185. The van der Waals surface area contributed by atoms with Crippen LogP contribution in [0.2, 0.25) is 0 Å². The van der Waals surface area contributed by atoms with Gasteiger partial charge in [0.05, 0.1) is 11.4 Å². The van der Waals surface area contributed by atoms with E-state index in [2.05, 4.69) is 4.99 Å². The maximum Gasteiger partial charge on any atom is 0.283 e. The van der Waals surface area contributed by atoms with Gasteiger partial charge in [-0.3, -0.25) is 14.5 Å². The molecule has 5 rings (SSSR count). The summed E-state index contributed by atoms with van der Waals surface area (Å²) in [5.41, 5.74) is 2.40. The predicted molar refractivity (Wildman–Crippen MR) is 125 cm³/mol. The number of ether oxygens (including phenoxy) is 2. The Kier molecular flexibility index (Phi) is 5.47. The normalized spacial score (nSPS) is 15.9. The molecule has 0 aliphatic carbocycles. The molecule has 0 atom stereocenters. The number of carbonyl (C=O) groups is 2. The van der Waals surface area contributed by atoms with Crippen LogP contribution in [0.15, 0.2) is 89.6 Å². The molecule has 0 aromatic heterocycles. The Hall–Kier alpha value is -3.84. The van der Waals surface area contributed by atoms with Crippen LogP contribution in [0, 0.1) is 0 Å². The molecule has 6 nitrogen and oxygen atoms in total. The van der Waals surface area contributed by atoms with Crippen molar-refractivity contribution in [3.63, 3.8) is 0 Å². The fraction of sp³-hybridized carbons (Fsp3) is 0.0800. The van der Waals surface area contributed by atoms with E-state index >= 15 is 0 Å². The first-order valence-electron chi connectivity index (χ1n) is 9.99. The molecule has 0 fully saturated rings. The topological polar surface area (TPSA) is 68.2 Å². The molecular formula is C25H18N2O4S. The van der Waals surface area contributed by atoms with Gasteiger partial charge in [0.1, 0.15) is 5.70 Å². The summed E-state index contributed by atoms with van der Waals surface area (Å²) >= 11 is 1.25. The second-order valence-electron chi connectivity index (χ2n) is 7.09. The molecule has 0 spiro atoms. The SMILES string of the molecule is O=C(CSC1=NC(=Cc2ccc3c(c2)OCO3)C(=O)N1c1ccccc1)c1ccccc1. The highest BCUT2D eigenvalue weighted by Gasteiger charge is 2.32. The molecule has 2 aliphatic heterocycles. The first-order valence-corrected chi connectivity index (χ1v) is 11.0. The summed E-state index contributed by atoms with van der Waals surface area (Å²) < 4.78 is 10.8. The van der Waals surface area contributed by atoms with Crippen molar-refractivity contribution in [1.82, 2.24) is 0 Å². The van der Waals surface area contributed by atoms with E-state index < -0.39 is 0 Å². The highest BCUT2D eigenvalue weighted by molar-refractivity contribution is 8.14. The van der Waals surface area contributed by atoms with E-state index in [1.54, 1.807) is 29.2 Å². The Morgan fingerprint density at radius 2 is 1.69 bits per heavy atom. The number of thioether (sulfide) groups is 1. The number of amidine groups is 1. The average Bonchev–Trinajstić information content (AvgIpc) is 3.42. The highest BCUT2D eigenvalue weighted by Crippen LogP contribution is 2.34. The van der Waals surface area contributed by atoms with E-state index in [4.69, 9.17) is 9.47 Å². The van der Waals surface area contributed by atoms with Gasteiger partial charge in [-0.05, 0) is 35.9 Å². The number of fused-ring (bicyclic) bond motifs is 1. The first-order chi connectivity index (χ1) is 15.7. The van der Waals surface area contributed by atoms with Crippen LogP contribution in [0.25, 0.3) is 6.08 Å². The number of amides is 1. The summed E-state index contributed by atoms with van der Waals surface area (Å²) in [6.07, 6.45) is 1.72. The number of hydrogen-bond acceptors (Lipinski definition) is 6. The number of nitrogens with zero attached hydrogens (tertiary/aromatic N) is 2. The second-order valence-corrected chi connectivity index (χ2v) is 8.03. The van der Waals surface area contributed by atoms with E-state index in [0.29, 0.717) is 33.6 Å². The Bertz CT molecular complexity index is 1240. The number of Topliss-reactive ketones (excluding diaryl/α,β-unsaturated/α-hetero) is 1. The van der Waals surface area contributed by atoms with Crippen LogP contribution in [0.1, 0.15) is 15.9 Å². The van der Waals surface area contributed by atoms with Gasteiger partial charge in [0, 0.05) is 5.56 Å². The van der Waals surface area contributed by atoms with Crippen molar-refractivity contribution in [2.45, 2.75) is 0 Å². The fourth-order valence-corrected chi connectivity index (χ4v) is 4.30. The summed E-state index contributed by atoms with van der Waals surface area (Å²) in [5.74, 6) is 1.22. The molecule has 7 heteroatoms. The maximum absolute atomic E-state index is 13.3. The van der Waals surface area contributed by atoms with E-state index in [0.717, 1.165) is 5.56 Å². The Balaban J connectivity index is 1.44. The molecular weight excluding hydrogens is 424 g/mol. The second kappa shape index (κ2) is 8.72. The molecule has 0 bridgehead atoms. The van der Waals surface area contributed by atoms with Crippen LogP contribution < -0.4 is 14.4 Å². The Morgan fingerprint density at radius 1 is 0.969 bits per heavy atom.